The number of ether oxygens (including phenoxy) is 2. The van der Waals surface area contributed by atoms with Crippen molar-refractivity contribution >= 4 is 0 Å². The fourth-order valence-electron chi connectivity index (χ4n) is 3.59. The lowest BCUT2D eigenvalue weighted by molar-refractivity contribution is -0.179. The van der Waals surface area contributed by atoms with Gasteiger partial charge in [0.2, 0.25) is 0 Å². The van der Waals surface area contributed by atoms with E-state index in [2.05, 4.69) is 5.32 Å². The molecule has 0 unspecified atom stereocenters. The van der Waals surface area contributed by atoms with E-state index in [-0.39, 0.29) is 11.9 Å². The predicted molar refractivity (Wildman–Crippen MR) is 68.3 cm³/mol. The quantitative estimate of drug-likeness (QED) is 0.786. The van der Waals surface area contributed by atoms with Gasteiger partial charge in [0.1, 0.15) is 0 Å². The number of aliphatic hydroxyl groups is 1. The van der Waals surface area contributed by atoms with Crippen LogP contribution in [0.5, 0.6) is 0 Å². The fourth-order valence-corrected chi connectivity index (χ4v) is 3.59. The molecule has 4 heteroatoms. The zero-order valence-electron chi connectivity index (χ0n) is 11.1. The lowest BCUT2D eigenvalue weighted by Gasteiger charge is -2.38. The van der Waals surface area contributed by atoms with Crippen LogP contribution in [-0.2, 0) is 9.47 Å². The number of aliphatic hydroxyl groups excluding tert-OH is 1. The summed E-state index contributed by atoms with van der Waals surface area (Å²) in [6, 6.07) is 1.22. The van der Waals surface area contributed by atoms with Crippen LogP contribution in [0, 0.1) is 0 Å². The van der Waals surface area contributed by atoms with E-state index in [1.54, 1.807) is 0 Å². The van der Waals surface area contributed by atoms with Gasteiger partial charge in [0.05, 0.1) is 19.3 Å². The molecule has 2 aliphatic carbocycles. The molecule has 104 valence electrons. The Balaban J connectivity index is 1.42. The van der Waals surface area contributed by atoms with E-state index in [0.717, 1.165) is 64.6 Å². The van der Waals surface area contributed by atoms with Crippen molar-refractivity contribution in [1.82, 2.24) is 5.32 Å². The predicted octanol–water partition coefficient (Wildman–Crippen LogP) is 1.57. The third-order valence-corrected chi connectivity index (χ3v) is 4.73. The molecule has 0 radical (unpaired) electrons. The Kier molecular flexibility index (Phi) is 3.89. The lowest BCUT2D eigenvalue weighted by atomic mass is 9.87. The Morgan fingerprint density at radius 2 is 1.39 bits per heavy atom. The van der Waals surface area contributed by atoms with Crippen molar-refractivity contribution in [3.63, 3.8) is 0 Å². The normalized spacial score (nSPS) is 37.2. The molecule has 18 heavy (non-hydrogen) atoms. The second-order valence-electron chi connectivity index (χ2n) is 6.05. The molecule has 0 aromatic rings. The van der Waals surface area contributed by atoms with Crippen molar-refractivity contribution in [3.8, 4) is 0 Å². The Morgan fingerprint density at radius 1 is 0.833 bits per heavy atom. The summed E-state index contributed by atoms with van der Waals surface area (Å²) in [7, 11) is 0. The minimum absolute atomic E-state index is 0.0574. The second-order valence-corrected chi connectivity index (χ2v) is 6.05. The zero-order chi connectivity index (χ0) is 12.4. The minimum atomic E-state index is -0.235. The first-order chi connectivity index (χ1) is 8.76. The molecule has 0 atom stereocenters. The van der Waals surface area contributed by atoms with Gasteiger partial charge in [0, 0.05) is 24.9 Å². The Bertz CT molecular complexity index is 260. The van der Waals surface area contributed by atoms with Gasteiger partial charge < -0.3 is 19.9 Å². The van der Waals surface area contributed by atoms with Crippen LogP contribution >= 0.6 is 0 Å². The molecule has 1 spiro atoms. The maximum Gasteiger partial charge on any atom is 0.168 e. The monoisotopic (exact) mass is 255 g/mol. The Hall–Kier alpha value is -0.160. The molecule has 2 saturated carbocycles. The van der Waals surface area contributed by atoms with Gasteiger partial charge in [-0.2, -0.15) is 0 Å². The summed E-state index contributed by atoms with van der Waals surface area (Å²) in [5.74, 6) is -0.235. The van der Waals surface area contributed by atoms with Crippen molar-refractivity contribution in [2.24, 2.45) is 0 Å². The highest BCUT2D eigenvalue weighted by molar-refractivity contribution is 4.88. The van der Waals surface area contributed by atoms with E-state index < -0.39 is 0 Å². The van der Waals surface area contributed by atoms with E-state index in [0.29, 0.717) is 12.1 Å². The van der Waals surface area contributed by atoms with Crippen LogP contribution in [0.25, 0.3) is 0 Å². The van der Waals surface area contributed by atoms with Gasteiger partial charge in [-0.15, -0.1) is 0 Å². The largest absolute Gasteiger partial charge is 0.393 e. The molecule has 0 aromatic carbocycles. The van der Waals surface area contributed by atoms with Crippen LogP contribution < -0.4 is 5.32 Å². The molecule has 4 nitrogen and oxygen atoms in total. The van der Waals surface area contributed by atoms with E-state index in [1.807, 2.05) is 0 Å². The van der Waals surface area contributed by atoms with Crippen LogP contribution in [0.4, 0.5) is 0 Å². The molecule has 1 heterocycles. The van der Waals surface area contributed by atoms with Crippen LogP contribution in [0.2, 0.25) is 0 Å². The smallest absolute Gasteiger partial charge is 0.168 e. The number of nitrogens with one attached hydrogen (secondary N) is 1. The first-order valence-corrected chi connectivity index (χ1v) is 7.48. The summed E-state index contributed by atoms with van der Waals surface area (Å²) < 4.78 is 11.5. The van der Waals surface area contributed by atoms with E-state index in [9.17, 15) is 5.11 Å². The van der Waals surface area contributed by atoms with Crippen molar-refractivity contribution in [2.45, 2.75) is 75.3 Å². The highest BCUT2D eigenvalue weighted by atomic mass is 16.7. The molecule has 0 bridgehead atoms. The maximum absolute atomic E-state index is 9.51. The van der Waals surface area contributed by atoms with Crippen molar-refractivity contribution in [2.75, 3.05) is 13.2 Å². The molecule has 2 N–H and O–H groups in total. The summed E-state index contributed by atoms with van der Waals surface area (Å²) in [6.45, 7) is 1.53. The van der Waals surface area contributed by atoms with Crippen molar-refractivity contribution < 1.29 is 14.6 Å². The first kappa shape index (κ1) is 12.9. The van der Waals surface area contributed by atoms with Gasteiger partial charge in [0.15, 0.2) is 5.79 Å². The average molecular weight is 255 g/mol. The minimum Gasteiger partial charge on any atom is -0.393 e. The molecule has 3 aliphatic rings. The van der Waals surface area contributed by atoms with E-state index >= 15 is 0 Å². The summed E-state index contributed by atoms with van der Waals surface area (Å²) in [5.41, 5.74) is 0. The van der Waals surface area contributed by atoms with Gasteiger partial charge in [0.25, 0.3) is 0 Å². The molecular formula is C14H25NO3. The SMILES string of the molecule is OC1CCC(NC2CCC3(CC2)OCCO3)CC1. The van der Waals surface area contributed by atoms with E-state index in [1.165, 1.54) is 0 Å². The maximum atomic E-state index is 9.51. The van der Waals surface area contributed by atoms with Crippen LogP contribution in [0.15, 0.2) is 0 Å². The van der Waals surface area contributed by atoms with Crippen LogP contribution in [0.1, 0.15) is 51.4 Å². The molecule has 0 amide bonds. The standard InChI is InChI=1S/C14H25NO3/c16-13-3-1-11(2-4-13)15-12-5-7-14(8-6-12)17-9-10-18-14/h11-13,15-16H,1-10H2. The second kappa shape index (κ2) is 5.45. The molecule has 1 aliphatic heterocycles. The summed E-state index contributed by atoms with van der Waals surface area (Å²) in [6.07, 6.45) is 8.46. The van der Waals surface area contributed by atoms with Gasteiger partial charge >= 0.3 is 0 Å². The average Bonchev–Trinajstić information content (AvgIpc) is 2.84. The van der Waals surface area contributed by atoms with Gasteiger partial charge in [-0.1, -0.05) is 0 Å². The Morgan fingerprint density at radius 3 is 2.00 bits per heavy atom. The summed E-state index contributed by atoms with van der Waals surface area (Å²) in [5, 5.41) is 13.3. The molecular weight excluding hydrogens is 230 g/mol. The lowest BCUT2D eigenvalue weighted by Crippen LogP contribution is -2.46. The third-order valence-electron chi connectivity index (χ3n) is 4.73. The van der Waals surface area contributed by atoms with E-state index in [4.69, 9.17) is 9.47 Å². The fraction of sp³-hybridized carbons (Fsp3) is 1.00. The van der Waals surface area contributed by atoms with Crippen LogP contribution in [0.3, 0.4) is 0 Å². The topological polar surface area (TPSA) is 50.7 Å². The molecule has 1 saturated heterocycles. The summed E-state index contributed by atoms with van der Waals surface area (Å²) in [4.78, 5) is 0. The Labute approximate surface area is 109 Å². The molecule has 3 rings (SSSR count). The number of rotatable bonds is 2. The number of hydrogen-bond acceptors (Lipinski definition) is 4. The van der Waals surface area contributed by atoms with Crippen molar-refractivity contribution in [1.29, 1.82) is 0 Å². The van der Waals surface area contributed by atoms with Crippen LogP contribution in [-0.4, -0.2) is 42.3 Å². The van der Waals surface area contributed by atoms with Gasteiger partial charge in [-0.25, -0.2) is 0 Å². The molecule has 0 aromatic heterocycles. The zero-order valence-corrected chi connectivity index (χ0v) is 11.1. The first-order valence-electron chi connectivity index (χ1n) is 7.48. The van der Waals surface area contributed by atoms with Crippen molar-refractivity contribution in [3.05, 3.63) is 0 Å². The highest BCUT2D eigenvalue weighted by Gasteiger charge is 2.40. The highest BCUT2D eigenvalue weighted by Crippen LogP contribution is 2.36. The third kappa shape index (κ3) is 2.87. The summed E-state index contributed by atoms with van der Waals surface area (Å²) >= 11 is 0. The molecule has 3 fully saturated rings. The van der Waals surface area contributed by atoms with Gasteiger partial charge in [-0.3, -0.25) is 0 Å². The van der Waals surface area contributed by atoms with Gasteiger partial charge in [-0.05, 0) is 38.5 Å². The number of hydrogen-bond donors (Lipinski definition) is 2.